The predicted molar refractivity (Wildman–Crippen MR) is 113 cm³/mol. The van der Waals surface area contributed by atoms with E-state index in [1.807, 2.05) is 0 Å². The third-order valence-electron chi connectivity index (χ3n) is 4.46. The number of hydrogen-bond donors (Lipinski definition) is 3. The largest absolute Gasteiger partial charge is 0.418 e. The average molecular weight is 445 g/mol. The van der Waals surface area contributed by atoms with Crippen LogP contribution in [0.5, 0.6) is 0 Å². The maximum Gasteiger partial charge on any atom is 0.418 e. The third kappa shape index (κ3) is 6.31. The number of halogens is 4. The Morgan fingerprint density at radius 1 is 0.844 bits per heavy atom. The SMILES string of the molecule is O=C(NCCc1cccc(F)c1)Nc1ccc(NC(=O)c2ccccc2)cc1C(F)(F)F. The molecule has 3 rings (SSSR count). The first-order valence-electron chi connectivity index (χ1n) is 9.59. The van der Waals surface area contributed by atoms with Crippen LogP contribution < -0.4 is 16.0 Å². The number of urea groups is 1. The molecule has 0 bridgehead atoms. The molecule has 166 valence electrons. The zero-order valence-corrected chi connectivity index (χ0v) is 16.7. The van der Waals surface area contributed by atoms with E-state index in [0.717, 1.165) is 12.1 Å². The Morgan fingerprint density at radius 3 is 2.28 bits per heavy atom. The van der Waals surface area contributed by atoms with Gasteiger partial charge in [-0.2, -0.15) is 13.2 Å². The molecule has 0 aliphatic heterocycles. The van der Waals surface area contributed by atoms with Crippen LogP contribution in [0.25, 0.3) is 0 Å². The van der Waals surface area contributed by atoms with Gasteiger partial charge in [0, 0.05) is 17.8 Å². The minimum absolute atomic E-state index is 0.0664. The highest BCUT2D eigenvalue weighted by atomic mass is 19.4. The number of alkyl halides is 3. The summed E-state index contributed by atoms with van der Waals surface area (Å²) in [6.45, 7) is 0.0991. The summed E-state index contributed by atoms with van der Waals surface area (Å²) in [6, 6.07) is 16.1. The van der Waals surface area contributed by atoms with E-state index < -0.39 is 35.2 Å². The van der Waals surface area contributed by atoms with Crippen molar-refractivity contribution in [3.63, 3.8) is 0 Å². The molecule has 3 N–H and O–H groups in total. The predicted octanol–water partition coefficient (Wildman–Crippen LogP) is 5.46. The fourth-order valence-corrected chi connectivity index (χ4v) is 2.94. The Labute approximate surface area is 181 Å². The fourth-order valence-electron chi connectivity index (χ4n) is 2.94. The summed E-state index contributed by atoms with van der Waals surface area (Å²) in [5.41, 5.74) is -0.703. The van der Waals surface area contributed by atoms with Crippen LogP contribution in [0.1, 0.15) is 21.5 Å². The van der Waals surface area contributed by atoms with Crippen molar-refractivity contribution in [1.82, 2.24) is 5.32 Å². The first kappa shape index (κ1) is 22.8. The Balaban J connectivity index is 1.66. The lowest BCUT2D eigenvalue weighted by atomic mass is 10.1. The van der Waals surface area contributed by atoms with Gasteiger partial charge in [-0.15, -0.1) is 0 Å². The van der Waals surface area contributed by atoms with Gasteiger partial charge < -0.3 is 16.0 Å². The van der Waals surface area contributed by atoms with Gasteiger partial charge in [0.05, 0.1) is 11.3 Å². The van der Waals surface area contributed by atoms with Gasteiger partial charge in [0.1, 0.15) is 5.82 Å². The number of carbonyl (C=O) groups is 2. The summed E-state index contributed by atoms with van der Waals surface area (Å²) in [5, 5.41) is 7.02. The Bertz CT molecular complexity index is 1100. The van der Waals surface area contributed by atoms with E-state index >= 15 is 0 Å². The Morgan fingerprint density at radius 2 is 1.59 bits per heavy atom. The summed E-state index contributed by atoms with van der Waals surface area (Å²) in [6.07, 6.45) is -4.46. The van der Waals surface area contributed by atoms with Crippen LogP contribution in [0, 0.1) is 5.82 Å². The highest BCUT2D eigenvalue weighted by Gasteiger charge is 2.34. The third-order valence-corrected chi connectivity index (χ3v) is 4.46. The quantitative estimate of drug-likeness (QED) is 0.441. The maximum absolute atomic E-state index is 13.5. The van der Waals surface area contributed by atoms with Crippen molar-refractivity contribution in [3.05, 3.63) is 95.3 Å². The normalized spacial score (nSPS) is 11.0. The number of rotatable bonds is 6. The molecule has 32 heavy (non-hydrogen) atoms. The van der Waals surface area contributed by atoms with Crippen LogP contribution in [0.3, 0.4) is 0 Å². The molecule has 0 unspecified atom stereocenters. The second-order valence-electron chi connectivity index (χ2n) is 6.84. The van der Waals surface area contributed by atoms with Crippen LogP contribution >= 0.6 is 0 Å². The van der Waals surface area contributed by atoms with Crippen LogP contribution in [0.15, 0.2) is 72.8 Å². The lowest BCUT2D eigenvalue weighted by molar-refractivity contribution is -0.136. The molecule has 0 spiro atoms. The molecular weight excluding hydrogens is 426 g/mol. The van der Waals surface area contributed by atoms with Crippen molar-refractivity contribution < 1.29 is 27.2 Å². The first-order valence-corrected chi connectivity index (χ1v) is 9.59. The number of nitrogens with one attached hydrogen (secondary N) is 3. The number of benzene rings is 3. The van der Waals surface area contributed by atoms with Crippen LogP contribution in [-0.2, 0) is 12.6 Å². The lowest BCUT2D eigenvalue weighted by Crippen LogP contribution is -2.31. The Kier molecular flexibility index (Phi) is 7.09. The highest BCUT2D eigenvalue weighted by molar-refractivity contribution is 6.04. The molecule has 3 aromatic carbocycles. The van der Waals surface area contributed by atoms with Gasteiger partial charge in [-0.3, -0.25) is 4.79 Å². The van der Waals surface area contributed by atoms with Gasteiger partial charge in [0.2, 0.25) is 0 Å². The molecule has 5 nitrogen and oxygen atoms in total. The van der Waals surface area contributed by atoms with Crippen molar-refractivity contribution in [2.75, 3.05) is 17.2 Å². The van der Waals surface area contributed by atoms with E-state index in [9.17, 15) is 27.2 Å². The van der Waals surface area contributed by atoms with E-state index in [0.29, 0.717) is 17.5 Å². The van der Waals surface area contributed by atoms with E-state index in [-0.39, 0.29) is 12.2 Å². The van der Waals surface area contributed by atoms with Crippen molar-refractivity contribution in [3.8, 4) is 0 Å². The molecule has 3 aromatic rings. The molecule has 0 heterocycles. The topological polar surface area (TPSA) is 70.2 Å². The van der Waals surface area contributed by atoms with Gasteiger partial charge in [-0.05, 0) is 54.4 Å². The van der Waals surface area contributed by atoms with E-state index in [2.05, 4.69) is 16.0 Å². The zero-order chi connectivity index (χ0) is 23.1. The molecule has 0 radical (unpaired) electrons. The number of hydrogen-bond acceptors (Lipinski definition) is 2. The smallest absolute Gasteiger partial charge is 0.338 e. The van der Waals surface area contributed by atoms with Crippen LogP contribution in [-0.4, -0.2) is 18.5 Å². The van der Waals surface area contributed by atoms with E-state index in [4.69, 9.17) is 0 Å². The molecular formula is C23H19F4N3O2. The molecule has 0 aliphatic carbocycles. The molecule has 0 aromatic heterocycles. The van der Waals surface area contributed by atoms with Gasteiger partial charge in [-0.1, -0.05) is 30.3 Å². The molecule has 0 aliphatic rings. The monoisotopic (exact) mass is 445 g/mol. The van der Waals surface area contributed by atoms with Gasteiger partial charge in [-0.25, -0.2) is 9.18 Å². The van der Waals surface area contributed by atoms with Crippen LogP contribution in [0.4, 0.5) is 33.7 Å². The highest BCUT2D eigenvalue weighted by Crippen LogP contribution is 2.36. The molecule has 0 fully saturated rings. The fraction of sp³-hybridized carbons (Fsp3) is 0.130. The first-order chi connectivity index (χ1) is 15.2. The number of anilines is 2. The zero-order valence-electron chi connectivity index (χ0n) is 16.7. The minimum Gasteiger partial charge on any atom is -0.338 e. The van der Waals surface area contributed by atoms with E-state index in [1.54, 1.807) is 24.3 Å². The second kappa shape index (κ2) is 9.95. The summed E-state index contributed by atoms with van der Waals surface area (Å²) < 4.78 is 53.8. The summed E-state index contributed by atoms with van der Waals surface area (Å²) in [4.78, 5) is 24.3. The summed E-state index contributed by atoms with van der Waals surface area (Å²) >= 11 is 0. The second-order valence-corrected chi connectivity index (χ2v) is 6.84. The molecule has 9 heteroatoms. The van der Waals surface area contributed by atoms with E-state index in [1.165, 1.54) is 36.4 Å². The minimum atomic E-state index is -4.77. The summed E-state index contributed by atoms with van der Waals surface area (Å²) in [5.74, 6) is -0.976. The van der Waals surface area contributed by atoms with Crippen molar-refractivity contribution in [1.29, 1.82) is 0 Å². The molecule has 0 saturated carbocycles. The van der Waals surface area contributed by atoms with Crippen molar-refractivity contribution in [2.45, 2.75) is 12.6 Å². The van der Waals surface area contributed by atoms with Crippen molar-refractivity contribution in [2.24, 2.45) is 0 Å². The van der Waals surface area contributed by atoms with Gasteiger partial charge in [0.15, 0.2) is 0 Å². The van der Waals surface area contributed by atoms with Crippen molar-refractivity contribution >= 4 is 23.3 Å². The maximum atomic E-state index is 13.5. The van der Waals surface area contributed by atoms with Crippen LogP contribution in [0.2, 0.25) is 0 Å². The van der Waals surface area contributed by atoms with Gasteiger partial charge >= 0.3 is 12.2 Å². The molecule has 0 atom stereocenters. The lowest BCUT2D eigenvalue weighted by Gasteiger charge is -2.16. The molecule has 3 amide bonds. The number of carbonyl (C=O) groups excluding carboxylic acids is 2. The number of amides is 3. The standard InChI is InChI=1S/C23H19F4N3O2/c24-17-8-4-5-15(13-17)11-12-28-22(32)30-20-10-9-18(14-19(20)23(25,26)27)29-21(31)16-6-2-1-3-7-16/h1-10,13-14H,11-12H2,(H,29,31)(H2,28,30,32). The Hall–Kier alpha value is -3.88. The van der Waals surface area contributed by atoms with Gasteiger partial charge in [0.25, 0.3) is 5.91 Å². The molecule has 0 saturated heterocycles. The average Bonchev–Trinajstić information content (AvgIpc) is 2.75. The summed E-state index contributed by atoms with van der Waals surface area (Å²) in [7, 11) is 0.